The molecular weight excluding hydrogens is 344 g/mol. The number of halogens is 2. The summed E-state index contributed by atoms with van der Waals surface area (Å²) >= 11 is -1.38. The van der Waals surface area contributed by atoms with E-state index in [4.69, 9.17) is 4.74 Å². The second-order valence-corrected chi connectivity index (χ2v) is 8.80. The first kappa shape index (κ1) is 19.7. The molecule has 0 radical (unpaired) electrons. The molecule has 136 valence electrons. The molecule has 3 nitrogen and oxygen atoms in total. The third-order valence-corrected chi connectivity index (χ3v) is 5.25. The number of nitrogens with one attached hydrogen (secondary N) is 1. The van der Waals surface area contributed by atoms with Crippen molar-refractivity contribution in [3.05, 3.63) is 65.2 Å². The van der Waals surface area contributed by atoms with Crippen LogP contribution < -0.4 is 9.46 Å². The lowest BCUT2D eigenvalue weighted by Crippen LogP contribution is -2.40. The first-order valence-electron chi connectivity index (χ1n) is 8.02. The molecule has 0 aliphatic rings. The fourth-order valence-electron chi connectivity index (χ4n) is 2.18. The van der Waals surface area contributed by atoms with Crippen molar-refractivity contribution in [2.24, 2.45) is 0 Å². The quantitative estimate of drug-likeness (QED) is 0.756. The van der Waals surface area contributed by atoms with E-state index < -0.39 is 33.8 Å². The molecule has 0 fully saturated rings. The number of ether oxygens (including phenoxy) is 1. The zero-order valence-corrected chi connectivity index (χ0v) is 15.6. The highest BCUT2D eigenvalue weighted by Crippen LogP contribution is 2.31. The zero-order valence-electron chi connectivity index (χ0n) is 14.8. The molecule has 6 heteroatoms. The maximum absolute atomic E-state index is 14.3. The third-order valence-electron chi connectivity index (χ3n) is 3.57. The van der Waals surface area contributed by atoms with Gasteiger partial charge in [0.05, 0.1) is 6.04 Å². The molecule has 0 saturated heterocycles. The van der Waals surface area contributed by atoms with Gasteiger partial charge in [-0.3, -0.25) is 0 Å². The Hall–Kier alpha value is -1.63. The number of benzene rings is 2. The van der Waals surface area contributed by atoms with E-state index >= 15 is 0 Å². The minimum absolute atomic E-state index is 0.0313. The van der Waals surface area contributed by atoms with E-state index in [-0.39, 0.29) is 12.4 Å². The molecule has 25 heavy (non-hydrogen) atoms. The maximum Gasteiger partial charge on any atom is 0.168 e. The van der Waals surface area contributed by atoms with Crippen LogP contribution in [-0.4, -0.2) is 9.30 Å². The fourth-order valence-corrected chi connectivity index (χ4v) is 2.99. The second-order valence-electron chi connectivity index (χ2n) is 6.80. The molecule has 0 aliphatic heterocycles. The van der Waals surface area contributed by atoms with Crippen LogP contribution in [0.4, 0.5) is 8.78 Å². The molecule has 2 aromatic rings. The average molecular weight is 367 g/mol. The summed E-state index contributed by atoms with van der Waals surface area (Å²) < 4.78 is 48.3. The molecule has 2 unspecified atom stereocenters. The highest BCUT2D eigenvalue weighted by molar-refractivity contribution is 7.90. The number of hydrogen-bond donors (Lipinski definition) is 1. The van der Waals surface area contributed by atoms with E-state index in [1.54, 1.807) is 6.92 Å². The molecule has 1 N–H and O–H groups in total. The largest absolute Gasteiger partial charge is 0.598 e. The van der Waals surface area contributed by atoms with Crippen LogP contribution in [0, 0.1) is 11.6 Å². The molecule has 2 atom stereocenters. The Labute approximate surface area is 150 Å². The standard InChI is InChI=1S/C19H23F2NO2S/c1-13(22-25(23)19(2,3)4)16-10-15(20)11-17(21)18(16)24-12-14-8-6-5-7-9-14/h5-11,13,22H,12H2,1-4H3. The van der Waals surface area contributed by atoms with Crippen LogP contribution in [-0.2, 0) is 18.0 Å². The summed E-state index contributed by atoms with van der Waals surface area (Å²) in [4.78, 5) is 0. The van der Waals surface area contributed by atoms with Gasteiger partial charge in [-0.15, -0.1) is 4.72 Å². The van der Waals surface area contributed by atoms with E-state index in [0.29, 0.717) is 5.56 Å². The summed E-state index contributed by atoms with van der Waals surface area (Å²) in [5, 5.41) is 0. The van der Waals surface area contributed by atoms with Gasteiger partial charge in [-0.1, -0.05) is 30.3 Å². The highest BCUT2D eigenvalue weighted by atomic mass is 32.2. The zero-order chi connectivity index (χ0) is 18.6. The van der Waals surface area contributed by atoms with Gasteiger partial charge in [0.1, 0.15) is 17.2 Å². The number of rotatable bonds is 6. The van der Waals surface area contributed by atoms with Crippen LogP contribution in [0.2, 0.25) is 0 Å². The molecule has 0 bridgehead atoms. The minimum Gasteiger partial charge on any atom is -0.598 e. The predicted molar refractivity (Wildman–Crippen MR) is 96.6 cm³/mol. The topological polar surface area (TPSA) is 44.3 Å². The van der Waals surface area contributed by atoms with Gasteiger partial charge in [0.2, 0.25) is 0 Å². The van der Waals surface area contributed by atoms with Gasteiger partial charge in [0, 0.05) is 23.0 Å². The Morgan fingerprint density at radius 3 is 2.40 bits per heavy atom. The van der Waals surface area contributed by atoms with Gasteiger partial charge in [-0.2, -0.15) is 0 Å². The van der Waals surface area contributed by atoms with E-state index in [1.807, 2.05) is 51.1 Å². The van der Waals surface area contributed by atoms with E-state index in [2.05, 4.69) is 4.72 Å². The van der Waals surface area contributed by atoms with Gasteiger partial charge < -0.3 is 9.29 Å². The van der Waals surface area contributed by atoms with Crippen molar-refractivity contribution < 1.29 is 18.1 Å². The summed E-state index contributed by atoms with van der Waals surface area (Å²) in [6, 6.07) is 10.8. The molecule has 0 aromatic heterocycles. The lowest BCUT2D eigenvalue weighted by atomic mass is 10.1. The lowest BCUT2D eigenvalue weighted by molar-refractivity contribution is 0.283. The summed E-state index contributed by atoms with van der Waals surface area (Å²) in [5.74, 6) is -1.51. The molecule has 0 saturated carbocycles. The monoisotopic (exact) mass is 367 g/mol. The van der Waals surface area contributed by atoms with Gasteiger partial charge >= 0.3 is 0 Å². The van der Waals surface area contributed by atoms with Crippen molar-refractivity contribution in [2.75, 3.05) is 0 Å². The molecule has 2 rings (SSSR count). The molecule has 0 aliphatic carbocycles. The smallest absolute Gasteiger partial charge is 0.168 e. The maximum atomic E-state index is 14.3. The van der Waals surface area contributed by atoms with Crippen molar-refractivity contribution in [2.45, 2.75) is 45.1 Å². The Bertz CT molecular complexity index is 705. The molecular formula is C19H23F2NO2S. The minimum atomic E-state index is -1.38. The highest BCUT2D eigenvalue weighted by Gasteiger charge is 2.30. The summed E-state index contributed by atoms with van der Waals surface area (Å²) in [5.41, 5.74) is 1.17. The SMILES string of the molecule is CC(N[S+]([O-])C(C)(C)C)c1cc(F)cc(F)c1OCc1ccccc1. The molecule has 0 spiro atoms. The fraction of sp³-hybridized carbons (Fsp3) is 0.368. The first-order chi connectivity index (χ1) is 11.7. The van der Waals surface area contributed by atoms with Crippen LogP contribution in [0.5, 0.6) is 5.75 Å². The van der Waals surface area contributed by atoms with Gasteiger partial charge in [0.25, 0.3) is 0 Å². The second kappa shape index (κ2) is 8.17. The van der Waals surface area contributed by atoms with Crippen LogP contribution in [0.3, 0.4) is 0 Å². The first-order valence-corrected chi connectivity index (χ1v) is 9.17. The Morgan fingerprint density at radius 2 is 1.80 bits per heavy atom. The van der Waals surface area contributed by atoms with Crippen LogP contribution >= 0.6 is 0 Å². The van der Waals surface area contributed by atoms with Crippen molar-refractivity contribution in [3.63, 3.8) is 0 Å². The summed E-state index contributed by atoms with van der Waals surface area (Å²) in [6.45, 7) is 7.32. The summed E-state index contributed by atoms with van der Waals surface area (Å²) in [7, 11) is 0. The van der Waals surface area contributed by atoms with E-state index in [1.165, 1.54) is 6.07 Å². The summed E-state index contributed by atoms with van der Waals surface area (Å²) in [6.07, 6.45) is 0. The lowest BCUT2D eigenvalue weighted by Gasteiger charge is -2.27. The van der Waals surface area contributed by atoms with E-state index in [0.717, 1.165) is 11.6 Å². The molecule has 0 heterocycles. The van der Waals surface area contributed by atoms with Gasteiger partial charge in [-0.25, -0.2) is 8.78 Å². The Kier molecular flexibility index (Phi) is 6.43. The van der Waals surface area contributed by atoms with Gasteiger partial charge in [0.15, 0.2) is 11.6 Å². The molecule has 0 amide bonds. The van der Waals surface area contributed by atoms with Crippen LogP contribution in [0.1, 0.15) is 44.9 Å². The van der Waals surface area contributed by atoms with Crippen LogP contribution in [0.15, 0.2) is 42.5 Å². The van der Waals surface area contributed by atoms with Crippen molar-refractivity contribution in [3.8, 4) is 5.75 Å². The normalized spacial score (nSPS) is 14.2. The predicted octanol–water partition coefficient (Wildman–Crippen LogP) is 4.66. The Morgan fingerprint density at radius 1 is 1.16 bits per heavy atom. The molecule has 2 aromatic carbocycles. The van der Waals surface area contributed by atoms with Crippen LogP contribution in [0.25, 0.3) is 0 Å². The van der Waals surface area contributed by atoms with Crippen molar-refractivity contribution in [1.82, 2.24) is 4.72 Å². The third kappa shape index (κ3) is 5.42. The Balaban J connectivity index is 2.24. The number of hydrogen-bond acceptors (Lipinski definition) is 3. The van der Waals surface area contributed by atoms with E-state index in [9.17, 15) is 13.3 Å². The van der Waals surface area contributed by atoms with Gasteiger partial charge in [-0.05, 0) is 39.3 Å². The van der Waals surface area contributed by atoms with Crippen molar-refractivity contribution in [1.29, 1.82) is 0 Å². The van der Waals surface area contributed by atoms with Crippen molar-refractivity contribution >= 4 is 11.4 Å². The average Bonchev–Trinajstić information content (AvgIpc) is 2.53.